The monoisotopic (exact) mass is 332 g/mol. The number of imide groups is 1. The number of hydrogen-bond donors (Lipinski definition) is 3. The van der Waals surface area contributed by atoms with E-state index in [0.29, 0.717) is 19.5 Å². The molecule has 2 atom stereocenters. The van der Waals surface area contributed by atoms with Crippen LogP contribution in [-0.2, 0) is 9.59 Å². The highest BCUT2D eigenvalue weighted by Crippen LogP contribution is 2.47. The second-order valence-corrected chi connectivity index (χ2v) is 6.54. The molecule has 0 saturated carbocycles. The number of hydrogen-bond acceptors (Lipinski definition) is 7. The number of benzene rings is 1. The lowest BCUT2D eigenvalue weighted by molar-refractivity contribution is -0.134. The Hall–Kier alpha value is -2.32. The number of amides is 2. The Bertz CT molecular complexity index is 703. The summed E-state index contributed by atoms with van der Waals surface area (Å²) in [7, 11) is 1.77. The van der Waals surface area contributed by atoms with Gasteiger partial charge in [-0.25, -0.2) is 0 Å². The fourth-order valence-electron chi connectivity index (χ4n) is 3.70. The van der Waals surface area contributed by atoms with Crippen molar-refractivity contribution in [3.8, 4) is 0 Å². The van der Waals surface area contributed by atoms with E-state index in [1.807, 2.05) is 23.1 Å². The number of nitrogens with one attached hydrogen (secondary N) is 1. The summed E-state index contributed by atoms with van der Waals surface area (Å²) < 4.78 is 0. The molecule has 0 aromatic heterocycles. The Balaban J connectivity index is 1.71. The summed E-state index contributed by atoms with van der Waals surface area (Å²) in [5, 5.41) is 22.6. The van der Waals surface area contributed by atoms with E-state index >= 15 is 0 Å². The van der Waals surface area contributed by atoms with E-state index in [-0.39, 0.29) is 24.3 Å². The Labute approximate surface area is 139 Å². The van der Waals surface area contributed by atoms with Crippen LogP contribution in [-0.4, -0.2) is 60.7 Å². The van der Waals surface area contributed by atoms with Crippen molar-refractivity contribution in [3.05, 3.63) is 18.2 Å². The summed E-state index contributed by atoms with van der Waals surface area (Å²) in [6.45, 7) is 1.11. The average molecular weight is 332 g/mol. The van der Waals surface area contributed by atoms with Crippen molar-refractivity contribution in [1.29, 1.82) is 0 Å². The summed E-state index contributed by atoms with van der Waals surface area (Å²) in [6.07, 6.45) is -0.668. The number of anilines is 3. The fraction of sp³-hybridized carbons (Fsp3) is 0.500. The van der Waals surface area contributed by atoms with Gasteiger partial charge in [-0.3, -0.25) is 14.9 Å². The molecule has 0 bridgehead atoms. The molecule has 0 aliphatic carbocycles. The molecule has 8 nitrogen and oxygen atoms in total. The van der Waals surface area contributed by atoms with Gasteiger partial charge in [0.25, 0.3) is 0 Å². The average Bonchev–Trinajstić information content (AvgIpc) is 2.77. The molecular weight excluding hydrogens is 312 g/mol. The molecule has 3 N–H and O–H groups in total. The van der Waals surface area contributed by atoms with Crippen LogP contribution in [0.2, 0.25) is 0 Å². The second kappa shape index (κ2) is 5.35. The number of carbonyl (C=O) groups excluding carboxylic acids is 2. The van der Waals surface area contributed by atoms with E-state index in [1.165, 1.54) is 0 Å². The zero-order chi connectivity index (χ0) is 17.0. The molecule has 3 aliphatic rings. The first-order valence-electron chi connectivity index (χ1n) is 8.06. The normalized spacial score (nSPS) is 27.2. The largest absolute Gasteiger partial charge is 0.389 e. The van der Waals surface area contributed by atoms with Crippen molar-refractivity contribution in [2.45, 2.75) is 31.3 Å². The molecule has 3 heterocycles. The molecule has 2 saturated heterocycles. The van der Waals surface area contributed by atoms with Crippen LogP contribution in [0.15, 0.2) is 18.2 Å². The van der Waals surface area contributed by atoms with Crippen molar-refractivity contribution in [2.24, 2.45) is 0 Å². The molecule has 24 heavy (non-hydrogen) atoms. The first-order valence-corrected chi connectivity index (χ1v) is 8.06. The lowest BCUT2D eigenvalue weighted by Gasteiger charge is -2.39. The van der Waals surface area contributed by atoms with Gasteiger partial charge in [0, 0.05) is 26.6 Å². The molecule has 2 amide bonds. The van der Waals surface area contributed by atoms with Gasteiger partial charge in [0.15, 0.2) is 0 Å². The smallest absolute Gasteiger partial charge is 0.249 e. The molecule has 128 valence electrons. The van der Waals surface area contributed by atoms with Crippen molar-refractivity contribution in [3.63, 3.8) is 0 Å². The van der Waals surface area contributed by atoms with Gasteiger partial charge in [-0.05, 0) is 18.6 Å². The number of aliphatic hydroxyl groups is 2. The van der Waals surface area contributed by atoms with E-state index < -0.39 is 12.4 Å². The number of β-amino-alcohol motifs (C(OH)–C–C–N with tert-alkyl or cyclic N) is 1. The van der Waals surface area contributed by atoms with Crippen LogP contribution < -0.4 is 20.0 Å². The van der Waals surface area contributed by atoms with Crippen LogP contribution in [0.1, 0.15) is 12.8 Å². The summed E-state index contributed by atoms with van der Waals surface area (Å²) >= 11 is 0. The Morgan fingerprint density at radius 3 is 2.54 bits per heavy atom. The van der Waals surface area contributed by atoms with Crippen LogP contribution in [0.3, 0.4) is 0 Å². The van der Waals surface area contributed by atoms with Crippen LogP contribution in [0.25, 0.3) is 0 Å². The van der Waals surface area contributed by atoms with E-state index in [4.69, 9.17) is 0 Å². The van der Waals surface area contributed by atoms with Gasteiger partial charge < -0.3 is 24.9 Å². The lowest BCUT2D eigenvalue weighted by Crippen LogP contribution is -2.56. The van der Waals surface area contributed by atoms with Crippen LogP contribution in [0.4, 0.5) is 17.1 Å². The van der Waals surface area contributed by atoms with Crippen molar-refractivity contribution in [1.82, 2.24) is 5.32 Å². The molecule has 1 aromatic carbocycles. The summed E-state index contributed by atoms with van der Waals surface area (Å²) in [5.74, 6) is -0.654. The standard InChI is InChI=1S/C16H20N4O4/c1-18-14-10(19-7-9(21)8-19)3-2-4-11(14)20(16(18)24)12-5-6-13(22)17-15(12)23/h2-4,9,12,16,21,24H,5-8H2,1H3,(H,17,22,23). The first-order chi connectivity index (χ1) is 11.5. The van der Waals surface area contributed by atoms with Crippen LogP contribution in [0, 0.1) is 0 Å². The highest BCUT2D eigenvalue weighted by Gasteiger charge is 2.44. The number of para-hydroxylation sites is 1. The molecule has 8 heteroatoms. The predicted octanol–water partition coefficient (Wildman–Crippen LogP) is -0.795. The highest BCUT2D eigenvalue weighted by atomic mass is 16.3. The zero-order valence-corrected chi connectivity index (χ0v) is 13.3. The van der Waals surface area contributed by atoms with Gasteiger partial charge in [0.2, 0.25) is 18.2 Å². The van der Waals surface area contributed by atoms with Crippen molar-refractivity contribution < 1.29 is 19.8 Å². The minimum Gasteiger partial charge on any atom is -0.389 e. The Kier molecular flexibility index (Phi) is 3.40. The van der Waals surface area contributed by atoms with Gasteiger partial charge in [0.1, 0.15) is 6.04 Å². The molecule has 4 rings (SSSR count). The topological polar surface area (TPSA) is 96.4 Å². The maximum Gasteiger partial charge on any atom is 0.249 e. The third-order valence-corrected chi connectivity index (χ3v) is 4.97. The van der Waals surface area contributed by atoms with E-state index in [1.54, 1.807) is 16.8 Å². The van der Waals surface area contributed by atoms with Crippen molar-refractivity contribution >= 4 is 28.9 Å². The molecule has 0 radical (unpaired) electrons. The SMILES string of the molecule is CN1c2c(N3CC(O)C3)cccc2N(C2CCC(=O)NC2=O)C1O. The highest BCUT2D eigenvalue weighted by molar-refractivity contribution is 6.03. The number of aliphatic hydroxyl groups excluding tert-OH is 2. The first kappa shape index (κ1) is 15.2. The number of piperidine rings is 1. The van der Waals surface area contributed by atoms with Gasteiger partial charge in [-0.15, -0.1) is 0 Å². The maximum atomic E-state index is 12.2. The van der Waals surface area contributed by atoms with E-state index in [9.17, 15) is 19.8 Å². The lowest BCUT2D eigenvalue weighted by atomic mass is 10.0. The minimum atomic E-state index is -0.976. The fourth-order valence-corrected chi connectivity index (χ4v) is 3.70. The Morgan fingerprint density at radius 1 is 1.17 bits per heavy atom. The molecule has 3 aliphatic heterocycles. The second-order valence-electron chi connectivity index (χ2n) is 6.54. The summed E-state index contributed by atoms with van der Waals surface area (Å²) in [6, 6.07) is 5.11. The van der Waals surface area contributed by atoms with Crippen LogP contribution in [0.5, 0.6) is 0 Å². The van der Waals surface area contributed by atoms with Gasteiger partial charge in [-0.1, -0.05) is 6.07 Å². The number of carbonyl (C=O) groups is 2. The number of fused-ring (bicyclic) bond motifs is 1. The Morgan fingerprint density at radius 2 is 1.88 bits per heavy atom. The quantitative estimate of drug-likeness (QED) is 0.611. The molecule has 2 unspecified atom stereocenters. The molecule has 1 aromatic rings. The number of nitrogens with zero attached hydrogens (tertiary/aromatic N) is 3. The summed E-state index contributed by atoms with van der Waals surface area (Å²) in [5.41, 5.74) is 2.52. The van der Waals surface area contributed by atoms with Crippen molar-refractivity contribution in [2.75, 3.05) is 34.8 Å². The van der Waals surface area contributed by atoms with E-state index in [0.717, 1.165) is 17.1 Å². The number of rotatable bonds is 2. The summed E-state index contributed by atoms with van der Waals surface area (Å²) in [4.78, 5) is 29.1. The van der Waals surface area contributed by atoms with Gasteiger partial charge in [0.05, 0.1) is 23.2 Å². The molecule has 0 spiro atoms. The van der Waals surface area contributed by atoms with Gasteiger partial charge >= 0.3 is 0 Å². The molecule has 2 fully saturated rings. The third-order valence-electron chi connectivity index (χ3n) is 4.97. The third kappa shape index (κ3) is 2.14. The van der Waals surface area contributed by atoms with E-state index in [2.05, 4.69) is 5.32 Å². The van der Waals surface area contributed by atoms with Crippen LogP contribution >= 0.6 is 0 Å². The maximum absolute atomic E-state index is 12.2. The minimum absolute atomic E-state index is 0.261. The predicted molar refractivity (Wildman–Crippen MR) is 87.7 cm³/mol. The van der Waals surface area contributed by atoms with Gasteiger partial charge in [-0.2, -0.15) is 0 Å². The zero-order valence-electron chi connectivity index (χ0n) is 13.3. The molecular formula is C16H20N4O4.